The molecule has 0 aliphatic rings. The molecular formula is C22H21N2S+. The van der Waals surface area contributed by atoms with Crippen LogP contribution in [0.5, 0.6) is 0 Å². The first-order chi connectivity index (χ1) is 12.1. The molecule has 1 aromatic heterocycles. The van der Waals surface area contributed by atoms with Crippen molar-refractivity contribution in [2.45, 2.75) is 0 Å². The summed E-state index contributed by atoms with van der Waals surface area (Å²) in [6.07, 6.45) is 4.40. The fourth-order valence-electron chi connectivity index (χ4n) is 3.15. The lowest BCUT2D eigenvalue weighted by molar-refractivity contribution is -0.641. The second kappa shape index (κ2) is 6.34. The van der Waals surface area contributed by atoms with E-state index in [0.717, 1.165) is 0 Å². The molecule has 0 aliphatic heterocycles. The second-order valence-corrected chi connectivity index (χ2v) is 7.51. The topological polar surface area (TPSA) is 7.12 Å². The lowest BCUT2D eigenvalue weighted by Crippen LogP contribution is -2.29. The maximum Gasteiger partial charge on any atom is 0.262 e. The Kier molecular flexibility index (Phi) is 4.02. The number of hydrogen-bond donors (Lipinski definition) is 0. The second-order valence-electron chi connectivity index (χ2n) is 6.45. The average molecular weight is 345 g/mol. The van der Waals surface area contributed by atoms with E-state index in [0.29, 0.717) is 0 Å². The molecule has 0 unspecified atom stereocenters. The Bertz CT molecular complexity index is 1070. The third kappa shape index (κ3) is 2.92. The predicted octanol–water partition coefficient (Wildman–Crippen LogP) is 5.12. The Balaban J connectivity index is 1.74. The largest absolute Gasteiger partial charge is 0.378 e. The molecule has 0 radical (unpaired) electrons. The van der Waals surface area contributed by atoms with Gasteiger partial charge in [0.05, 0.1) is 5.39 Å². The van der Waals surface area contributed by atoms with Crippen LogP contribution in [0.3, 0.4) is 0 Å². The lowest BCUT2D eigenvalue weighted by atomic mass is 10.1. The first-order valence-corrected chi connectivity index (χ1v) is 9.21. The quantitative estimate of drug-likeness (QED) is 0.468. The molecule has 0 fully saturated rings. The maximum absolute atomic E-state index is 2.30. The smallest absolute Gasteiger partial charge is 0.262 e. The van der Waals surface area contributed by atoms with Crippen LogP contribution in [0.25, 0.3) is 33.1 Å². The third-order valence-corrected chi connectivity index (χ3v) is 5.74. The molecule has 0 bridgehead atoms. The highest BCUT2D eigenvalue weighted by Gasteiger charge is 2.17. The Morgan fingerprint density at radius 3 is 2.40 bits per heavy atom. The van der Waals surface area contributed by atoms with Crippen molar-refractivity contribution in [3.8, 4) is 0 Å². The summed E-state index contributed by atoms with van der Waals surface area (Å²) in [5.74, 6) is 0. The minimum atomic E-state index is 1.22. The molecule has 0 saturated carbocycles. The SMILES string of the molecule is CN(C)c1ccc(C=Cc2sc3ccc4ccccc4c3[n+]2C)cc1. The van der Waals surface area contributed by atoms with Gasteiger partial charge in [-0.15, -0.1) is 0 Å². The number of fused-ring (bicyclic) bond motifs is 3. The monoisotopic (exact) mass is 345 g/mol. The van der Waals surface area contributed by atoms with Crippen LogP contribution >= 0.6 is 11.3 Å². The number of aryl methyl sites for hydroxylation is 1. The highest BCUT2D eigenvalue weighted by Crippen LogP contribution is 2.28. The van der Waals surface area contributed by atoms with Gasteiger partial charge in [-0.25, -0.2) is 0 Å². The Morgan fingerprint density at radius 1 is 0.880 bits per heavy atom. The van der Waals surface area contributed by atoms with Gasteiger partial charge in [-0.1, -0.05) is 47.7 Å². The van der Waals surface area contributed by atoms with Crippen LogP contribution in [0.15, 0.2) is 60.7 Å². The number of rotatable bonds is 3. The first-order valence-electron chi connectivity index (χ1n) is 8.39. The highest BCUT2D eigenvalue weighted by atomic mass is 32.1. The minimum absolute atomic E-state index is 1.22. The van der Waals surface area contributed by atoms with Gasteiger partial charge in [0.15, 0.2) is 0 Å². The van der Waals surface area contributed by atoms with Crippen LogP contribution in [0.2, 0.25) is 0 Å². The van der Waals surface area contributed by atoms with Crippen LogP contribution in [0, 0.1) is 0 Å². The van der Waals surface area contributed by atoms with E-state index in [1.54, 1.807) is 0 Å². The third-order valence-electron chi connectivity index (χ3n) is 4.57. The van der Waals surface area contributed by atoms with Gasteiger partial charge < -0.3 is 4.90 Å². The molecule has 0 saturated heterocycles. The van der Waals surface area contributed by atoms with Crippen molar-refractivity contribution in [1.82, 2.24) is 0 Å². The van der Waals surface area contributed by atoms with Crippen molar-refractivity contribution < 1.29 is 4.57 Å². The van der Waals surface area contributed by atoms with Crippen LogP contribution in [-0.4, -0.2) is 14.1 Å². The highest BCUT2D eigenvalue weighted by molar-refractivity contribution is 7.19. The molecule has 3 aromatic carbocycles. The van der Waals surface area contributed by atoms with E-state index in [1.807, 2.05) is 11.3 Å². The number of aromatic nitrogens is 1. The summed E-state index contributed by atoms with van der Waals surface area (Å²) in [6, 6.07) is 21.7. The maximum atomic E-state index is 2.30. The zero-order chi connectivity index (χ0) is 17.4. The number of thiazole rings is 1. The van der Waals surface area contributed by atoms with Crippen LogP contribution in [0.4, 0.5) is 5.69 Å². The Labute approximate surface area is 152 Å². The minimum Gasteiger partial charge on any atom is -0.378 e. The fraction of sp³-hybridized carbons (Fsp3) is 0.136. The molecule has 4 aromatic rings. The van der Waals surface area contributed by atoms with Gasteiger partial charge in [0.1, 0.15) is 11.7 Å². The van der Waals surface area contributed by atoms with Crippen LogP contribution in [-0.2, 0) is 7.05 Å². The van der Waals surface area contributed by atoms with E-state index >= 15 is 0 Å². The molecule has 124 valence electrons. The fourth-order valence-corrected chi connectivity index (χ4v) is 4.22. The molecule has 0 atom stereocenters. The van der Waals surface area contributed by atoms with Crippen molar-refractivity contribution in [3.05, 3.63) is 71.2 Å². The van der Waals surface area contributed by atoms with Crippen molar-refractivity contribution in [3.63, 3.8) is 0 Å². The molecule has 1 heterocycles. The molecular weight excluding hydrogens is 324 g/mol. The first kappa shape index (κ1) is 15.9. The summed E-state index contributed by atoms with van der Waals surface area (Å²) < 4.78 is 3.62. The predicted molar refractivity (Wildman–Crippen MR) is 110 cm³/mol. The average Bonchev–Trinajstić information content (AvgIpc) is 2.96. The summed E-state index contributed by atoms with van der Waals surface area (Å²) in [5, 5.41) is 3.86. The zero-order valence-electron chi connectivity index (χ0n) is 14.7. The normalized spacial score (nSPS) is 11.6. The van der Waals surface area contributed by atoms with E-state index in [4.69, 9.17) is 0 Å². The standard InChI is InChI=1S/C22H21N2S/c1-23(2)18-12-8-16(9-13-18)10-15-21-24(3)22-19-7-5-4-6-17(19)11-14-20(22)25-21/h4-15H,1-3H3/q+1. The van der Waals surface area contributed by atoms with E-state index in [9.17, 15) is 0 Å². The number of anilines is 1. The molecule has 3 heteroatoms. The van der Waals surface area contributed by atoms with Crippen molar-refractivity contribution >= 4 is 50.2 Å². The van der Waals surface area contributed by atoms with E-state index in [2.05, 4.69) is 103 Å². The Morgan fingerprint density at radius 2 is 1.64 bits per heavy atom. The summed E-state index contributed by atoms with van der Waals surface area (Å²) in [5.41, 5.74) is 3.75. The van der Waals surface area contributed by atoms with E-state index in [1.165, 1.54) is 37.2 Å². The molecule has 0 amide bonds. The molecule has 0 spiro atoms. The van der Waals surface area contributed by atoms with Crippen LogP contribution < -0.4 is 9.47 Å². The van der Waals surface area contributed by atoms with Gasteiger partial charge in [0, 0.05) is 25.9 Å². The zero-order valence-corrected chi connectivity index (χ0v) is 15.5. The lowest BCUT2D eigenvalue weighted by Gasteiger charge is -2.11. The number of hydrogen-bond acceptors (Lipinski definition) is 2. The number of nitrogens with zero attached hydrogens (tertiary/aromatic N) is 2. The van der Waals surface area contributed by atoms with Crippen molar-refractivity contribution in [2.24, 2.45) is 7.05 Å². The molecule has 25 heavy (non-hydrogen) atoms. The van der Waals surface area contributed by atoms with E-state index < -0.39 is 0 Å². The summed E-state index contributed by atoms with van der Waals surface area (Å²) in [4.78, 5) is 2.12. The van der Waals surface area contributed by atoms with Crippen molar-refractivity contribution in [1.29, 1.82) is 0 Å². The van der Waals surface area contributed by atoms with E-state index in [-0.39, 0.29) is 0 Å². The Hall–Kier alpha value is -2.65. The number of benzene rings is 3. The van der Waals surface area contributed by atoms with Gasteiger partial charge in [0.25, 0.3) is 5.01 Å². The van der Waals surface area contributed by atoms with Gasteiger partial charge in [-0.05, 0) is 41.3 Å². The summed E-state index contributed by atoms with van der Waals surface area (Å²) in [7, 11) is 6.28. The van der Waals surface area contributed by atoms with Crippen LogP contribution in [0.1, 0.15) is 10.6 Å². The van der Waals surface area contributed by atoms with Gasteiger partial charge >= 0.3 is 0 Å². The molecule has 0 N–H and O–H groups in total. The van der Waals surface area contributed by atoms with Crippen molar-refractivity contribution in [2.75, 3.05) is 19.0 Å². The summed E-state index contributed by atoms with van der Waals surface area (Å²) >= 11 is 1.83. The molecule has 0 aliphatic carbocycles. The van der Waals surface area contributed by atoms with Gasteiger partial charge in [-0.3, -0.25) is 0 Å². The molecule has 4 rings (SSSR count). The van der Waals surface area contributed by atoms with Gasteiger partial charge in [0.2, 0.25) is 5.52 Å². The molecule has 2 nitrogen and oxygen atoms in total. The summed E-state index contributed by atoms with van der Waals surface area (Å²) in [6.45, 7) is 0. The van der Waals surface area contributed by atoms with Gasteiger partial charge in [-0.2, -0.15) is 4.57 Å².